The number of thioether (sulfide) groups is 1. The van der Waals surface area contributed by atoms with E-state index >= 15 is 0 Å². The summed E-state index contributed by atoms with van der Waals surface area (Å²) in [6.07, 6.45) is 0.540. The Labute approximate surface area is 120 Å². The summed E-state index contributed by atoms with van der Waals surface area (Å²) in [6, 6.07) is 6.23. The van der Waals surface area contributed by atoms with Gasteiger partial charge < -0.3 is 10.6 Å². The van der Waals surface area contributed by atoms with Gasteiger partial charge >= 0.3 is 0 Å². The number of rotatable bonds is 3. The number of anilines is 1. The Balaban J connectivity index is 1.89. The van der Waals surface area contributed by atoms with Gasteiger partial charge in [-0.2, -0.15) is 11.8 Å². The molecule has 1 saturated heterocycles. The Morgan fingerprint density at radius 2 is 2.39 bits per heavy atom. The lowest BCUT2D eigenvalue weighted by atomic mass is 10.2. The van der Waals surface area contributed by atoms with Crippen molar-refractivity contribution in [1.29, 1.82) is 0 Å². The Hall–Kier alpha value is -0.520. The lowest BCUT2D eigenvalue weighted by Gasteiger charge is -2.22. The van der Waals surface area contributed by atoms with Crippen LogP contribution in [-0.4, -0.2) is 30.0 Å². The third-order valence-electron chi connectivity index (χ3n) is 2.76. The molecule has 1 amide bonds. The first-order valence-electron chi connectivity index (χ1n) is 6.01. The molecule has 1 aromatic carbocycles. The van der Waals surface area contributed by atoms with Crippen molar-refractivity contribution in [1.82, 2.24) is 5.32 Å². The molecular formula is C13H17BrN2OS. The third kappa shape index (κ3) is 4.30. The molecule has 1 aliphatic heterocycles. The molecule has 5 heteroatoms. The predicted octanol–water partition coefficient (Wildman–Crippen LogP) is 2.79. The molecule has 0 bridgehead atoms. The highest BCUT2D eigenvalue weighted by molar-refractivity contribution is 9.10. The summed E-state index contributed by atoms with van der Waals surface area (Å²) < 4.78 is 0.990. The van der Waals surface area contributed by atoms with Gasteiger partial charge in [-0.15, -0.1) is 0 Å². The zero-order valence-corrected chi connectivity index (χ0v) is 12.7. The van der Waals surface area contributed by atoms with E-state index in [1.165, 1.54) is 0 Å². The molecule has 0 saturated carbocycles. The molecule has 1 fully saturated rings. The van der Waals surface area contributed by atoms with Gasteiger partial charge in [-0.05, 0) is 30.7 Å². The van der Waals surface area contributed by atoms with Crippen molar-refractivity contribution in [2.24, 2.45) is 0 Å². The van der Waals surface area contributed by atoms with Gasteiger partial charge in [0.1, 0.15) is 0 Å². The van der Waals surface area contributed by atoms with Crippen molar-refractivity contribution < 1.29 is 4.79 Å². The van der Waals surface area contributed by atoms with Crippen LogP contribution in [0.15, 0.2) is 22.7 Å². The van der Waals surface area contributed by atoms with Crippen LogP contribution >= 0.6 is 27.7 Å². The molecule has 2 rings (SSSR count). The van der Waals surface area contributed by atoms with E-state index in [0.29, 0.717) is 12.5 Å². The Morgan fingerprint density at radius 3 is 3.06 bits per heavy atom. The van der Waals surface area contributed by atoms with Crippen molar-refractivity contribution in [2.45, 2.75) is 19.4 Å². The summed E-state index contributed by atoms with van der Waals surface area (Å²) in [5.41, 5.74) is 1.99. The largest absolute Gasteiger partial charge is 0.326 e. The number of amides is 1. The fourth-order valence-corrected chi connectivity index (χ4v) is 3.55. The maximum Gasteiger partial charge on any atom is 0.225 e. The average Bonchev–Trinajstić information content (AvgIpc) is 2.28. The van der Waals surface area contributed by atoms with Gasteiger partial charge in [-0.25, -0.2) is 0 Å². The first kappa shape index (κ1) is 13.9. The SMILES string of the molecule is Cc1cc(Br)cc(NC(=O)CC2CSCCN2)c1. The van der Waals surface area contributed by atoms with Gasteiger partial charge in [0, 0.05) is 40.7 Å². The molecule has 2 N–H and O–H groups in total. The molecule has 3 nitrogen and oxygen atoms in total. The van der Waals surface area contributed by atoms with Crippen molar-refractivity contribution in [2.75, 3.05) is 23.4 Å². The van der Waals surface area contributed by atoms with E-state index in [1.54, 1.807) is 0 Å². The second kappa shape index (κ2) is 6.59. The van der Waals surface area contributed by atoms with Gasteiger partial charge in [0.05, 0.1) is 0 Å². The molecule has 0 radical (unpaired) electrons. The highest BCUT2D eigenvalue weighted by atomic mass is 79.9. The van der Waals surface area contributed by atoms with E-state index in [-0.39, 0.29) is 5.91 Å². The average molecular weight is 329 g/mol. The molecule has 1 heterocycles. The van der Waals surface area contributed by atoms with E-state index in [4.69, 9.17) is 0 Å². The van der Waals surface area contributed by atoms with Crippen LogP contribution in [0.2, 0.25) is 0 Å². The number of hydrogen-bond donors (Lipinski definition) is 2. The monoisotopic (exact) mass is 328 g/mol. The maximum absolute atomic E-state index is 11.9. The first-order valence-corrected chi connectivity index (χ1v) is 7.96. The zero-order chi connectivity index (χ0) is 13.0. The van der Waals surface area contributed by atoms with Crippen molar-refractivity contribution in [3.05, 3.63) is 28.2 Å². The molecule has 1 atom stereocenters. The van der Waals surface area contributed by atoms with E-state index < -0.39 is 0 Å². The van der Waals surface area contributed by atoms with Gasteiger partial charge in [0.15, 0.2) is 0 Å². The number of nitrogens with one attached hydrogen (secondary N) is 2. The molecule has 1 aromatic rings. The van der Waals surface area contributed by atoms with Gasteiger partial charge in [-0.3, -0.25) is 4.79 Å². The predicted molar refractivity (Wildman–Crippen MR) is 81.2 cm³/mol. The molecule has 0 aromatic heterocycles. The van der Waals surface area contributed by atoms with Crippen LogP contribution in [-0.2, 0) is 4.79 Å². The van der Waals surface area contributed by atoms with E-state index in [2.05, 4.69) is 26.6 Å². The number of carbonyl (C=O) groups excluding carboxylic acids is 1. The highest BCUT2D eigenvalue weighted by Gasteiger charge is 2.16. The van der Waals surface area contributed by atoms with Crippen LogP contribution in [0.3, 0.4) is 0 Å². The van der Waals surface area contributed by atoms with E-state index in [0.717, 1.165) is 33.8 Å². The molecule has 0 aliphatic carbocycles. The lowest BCUT2D eigenvalue weighted by molar-refractivity contribution is -0.116. The minimum Gasteiger partial charge on any atom is -0.326 e. The summed E-state index contributed by atoms with van der Waals surface area (Å²) in [4.78, 5) is 11.9. The fourth-order valence-electron chi connectivity index (χ4n) is 2.00. The van der Waals surface area contributed by atoms with Crippen LogP contribution in [0.4, 0.5) is 5.69 Å². The number of benzene rings is 1. The van der Waals surface area contributed by atoms with Gasteiger partial charge in [-0.1, -0.05) is 15.9 Å². The fraction of sp³-hybridized carbons (Fsp3) is 0.462. The van der Waals surface area contributed by atoms with Crippen LogP contribution in [0.5, 0.6) is 0 Å². The molecule has 1 aliphatic rings. The summed E-state index contributed by atoms with van der Waals surface area (Å²) in [5, 5.41) is 6.32. The van der Waals surface area contributed by atoms with Gasteiger partial charge in [0.2, 0.25) is 5.91 Å². The van der Waals surface area contributed by atoms with E-state index in [1.807, 2.05) is 36.9 Å². The minimum absolute atomic E-state index is 0.0764. The minimum atomic E-state index is 0.0764. The zero-order valence-electron chi connectivity index (χ0n) is 10.3. The van der Waals surface area contributed by atoms with Crippen LogP contribution in [0, 0.1) is 6.92 Å². The molecule has 18 heavy (non-hydrogen) atoms. The number of carbonyl (C=O) groups is 1. The number of hydrogen-bond acceptors (Lipinski definition) is 3. The maximum atomic E-state index is 11.9. The summed E-state index contributed by atoms with van der Waals surface area (Å²) in [5.74, 6) is 2.24. The molecular weight excluding hydrogens is 312 g/mol. The Bertz CT molecular complexity index is 413. The van der Waals surface area contributed by atoms with Crippen LogP contribution in [0.25, 0.3) is 0 Å². The summed E-state index contributed by atoms with van der Waals surface area (Å²) in [6.45, 7) is 3.01. The van der Waals surface area contributed by atoms with E-state index in [9.17, 15) is 4.79 Å². The summed E-state index contributed by atoms with van der Waals surface area (Å²) >= 11 is 5.34. The number of halogens is 1. The third-order valence-corrected chi connectivity index (χ3v) is 4.34. The van der Waals surface area contributed by atoms with Crippen LogP contribution < -0.4 is 10.6 Å². The van der Waals surface area contributed by atoms with Crippen LogP contribution in [0.1, 0.15) is 12.0 Å². The lowest BCUT2D eigenvalue weighted by Crippen LogP contribution is -2.39. The van der Waals surface area contributed by atoms with Crippen molar-refractivity contribution >= 4 is 39.3 Å². The second-order valence-corrected chi connectivity index (χ2v) is 6.56. The second-order valence-electron chi connectivity index (χ2n) is 4.50. The smallest absolute Gasteiger partial charge is 0.225 e. The first-order chi connectivity index (χ1) is 8.63. The quantitative estimate of drug-likeness (QED) is 0.896. The Kier molecular flexibility index (Phi) is 5.09. The molecule has 1 unspecified atom stereocenters. The topological polar surface area (TPSA) is 41.1 Å². The standard InChI is InChI=1S/C13H17BrN2OS/c1-9-4-10(14)6-11(5-9)16-13(17)7-12-8-18-3-2-15-12/h4-6,12,15H,2-3,7-8H2,1H3,(H,16,17). The Morgan fingerprint density at radius 1 is 1.56 bits per heavy atom. The number of aryl methyl sites for hydroxylation is 1. The van der Waals surface area contributed by atoms with Gasteiger partial charge in [0.25, 0.3) is 0 Å². The normalized spacial score (nSPS) is 19.6. The molecule has 98 valence electrons. The summed E-state index contributed by atoms with van der Waals surface area (Å²) in [7, 11) is 0. The molecule has 0 spiro atoms. The van der Waals surface area contributed by atoms with Crippen molar-refractivity contribution in [3.63, 3.8) is 0 Å². The van der Waals surface area contributed by atoms with Crippen molar-refractivity contribution in [3.8, 4) is 0 Å². The highest BCUT2D eigenvalue weighted by Crippen LogP contribution is 2.19.